The summed E-state index contributed by atoms with van der Waals surface area (Å²) >= 11 is 0. The fourth-order valence-electron chi connectivity index (χ4n) is 2.69. The second-order valence-corrected chi connectivity index (χ2v) is 5.87. The van der Waals surface area contributed by atoms with Crippen LogP contribution in [0.5, 0.6) is 28.7 Å². The number of hydrogen-bond donors (Lipinski definition) is 2. The van der Waals surface area contributed by atoms with Crippen LogP contribution in [0, 0.1) is 0 Å². The van der Waals surface area contributed by atoms with E-state index in [9.17, 15) is 4.79 Å². The molecule has 28 heavy (non-hydrogen) atoms. The minimum atomic E-state index is -0.782. The topological polar surface area (TPSA) is 87.3 Å². The molecule has 0 aliphatic carbocycles. The van der Waals surface area contributed by atoms with Crippen molar-refractivity contribution >= 4 is 11.6 Å². The summed E-state index contributed by atoms with van der Waals surface area (Å²) in [6.07, 6.45) is -0.782. The number of nitrogens with one attached hydrogen (secondary N) is 2. The van der Waals surface area contributed by atoms with Crippen LogP contribution in [0.3, 0.4) is 0 Å². The molecule has 1 aliphatic heterocycles. The Morgan fingerprint density at radius 2 is 1.68 bits per heavy atom. The number of rotatable bonds is 7. The molecule has 0 fully saturated rings. The minimum absolute atomic E-state index is 0.112. The highest BCUT2D eigenvalue weighted by molar-refractivity contribution is 5.82. The number of para-hydroxylation sites is 2. The van der Waals surface area contributed by atoms with Gasteiger partial charge in [0, 0.05) is 5.56 Å². The molecule has 1 heterocycles. The molecule has 8 nitrogen and oxygen atoms in total. The van der Waals surface area contributed by atoms with Crippen LogP contribution in [0.25, 0.3) is 5.70 Å². The van der Waals surface area contributed by atoms with E-state index in [-0.39, 0.29) is 12.5 Å². The van der Waals surface area contributed by atoms with E-state index in [1.807, 2.05) is 12.1 Å². The zero-order valence-electron chi connectivity index (χ0n) is 15.9. The number of amides is 1. The second kappa shape index (κ2) is 8.43. The summed E-state index contributed by atoms with van der Waals surface area (Å²) in [5.74, 6) is 2.18. The Morgan fingerprint density at radius 1 is 1.04 bits per heavy atom. The monoisotopic (exact) mass is 386 g/mol. The molecule has 0 spiro atoms. The highest BCUT2D eigenvalue weighted by atomic mass is 16.6. The van der Waals surface area contributed by atoms with E-state index in [1.165, 1.54) is 21.3 Å². The van der Waals surface area contributed by atoms with Gasteiger partial charge in [-0.15, -0.1) is 0 Å². The van der Waals surface area contributed by atoms with E-state index in [2.05, 4.69) is 17.4 Å². The van der Waals surface area contributed by atoms with Gasteiger partial charge in [0.1, 0.15) is 6.61 Å². The van der Waals surface area contributed by atoms with Crippen LogP contribution < -0.4 is 34.5 Å². The van der Waals surface area contributed by atoms with Crippen LogP contribution in [0.2, 0.25) is 0 Å². The number of carbonyl (C=O) groups is 1. The van der Waals surface area contributed by atoms with Gasteiger partial charge in [-0.25, -0.2) is 0 Å². The molecule has 1 amide bonds. The Morgan fingerprint density at radius 3 is 2.29 bits per heavy atom. The van der Waals surface area contributed by atoms with E-state index in [0.717, 1.165) is 0 Å². The standard InChI is InChI=1S/C20H22N2O6/c1-12(13-9-16(24-2)19(26-4)17(10-13)25-3)21-22-20(23)18-11-27-14-7-5-6-8-15(14)28-18/h5-10,18,21H,1,11H2,2-4H3,(H,22,23)/t18-/m1/s1. The van der Waals surface area contributed by atoms with Crippen LogP contribution >= 0.6 is 0 Å². The third-order valence-corrected chi connectivity index (χ3v) is 4.15. The van der Waals surface area contributed by atoms with Gasteiger partial charge in [0.05, 0.1) is 27.0 Å². The fraction of sp³-hybridized carbons (Fsp3) is 0.250. The van der Waals surface area contributed by atoms with Crippen LogP contribution in [0.15, 0.2) is 43.0 Å². The molecular weight excluding hydrogens is 364 g/mol. The molecule has 2 aromatic rings. The van der Waals surface area contributed by atoms with Crippen LogP contribution in [-0.4, -0.2) is 39.9 Å². The third kappa shape index (κ3) is 3.90. The Hall–Kier alpha value is -3.55. The molecular formula is C20H22N2O6. The molecule has 1 atom stereocenters. The number of hydrogen-bond acceptors (Lipinski definition) is 7. The smallest absolute Gasteiger partial charge is 0.282 e. The molecule has 0 aromatic heterocycles. The number of fused-ring (bicyclic) bond motifs is 1. The zero-order valence-corrected chi connectivity index (χ0v) is 15.9. The average Bonchev–Trinajstić information content (AvgIpc) is 2.75. The number of carbonyl (C=O) groups excluding carboxylic acids is 1. The summed E-state index contributed by atoms with van der Waals surface area (Å²) < 4.78 is 27.2. The normalized spacial score (nSPS) is 14.6. The molecule has 1 aliphatic rings. The Kier molecular flexibility index (Phi) is 5.78. The highest BCUT2D eigenvalue weighted by Gasteiger charge is 2.27. The maximum absolute atomic E-state index is 12.4. The lowest BCUT2D eigenvalue weighted by Crippen LogP contribution is -2.48. The summed E-state index contributed by atoms with van der Waals surface area (Å²) in [4.78, 5) is 12.4. The van der Waals surface area contributed by atoms with Crippen LogP contribution in [-0.2, 0) is 4.79 Å². The van der Waals surface area contributed by atoms with Gasteiger partial charge < -0.3 is 23.7 Å². The van der Waals surface area contributed by atoms with Crippen molar-refractivity contribution in [2.24, 2.45) is 0 Å². The van der Waals surface area contributed by atoms with Crippen molar-refractivity contribution in [2.75, 3.05) is 27.9 Å². The van der Waals surface area contributed by atoms with E-state index >= 15 is 0 Å². The summed E-state index contributed by atoms with van der Waals surface area (Å²) in [5, 5.41) is 0. The Labute approximate surface area is 163 Å². The molecule has 0 unspecified atom stereocenters. The summed E-state index contributed by atoms with van der Waals surface area (Å²) in [7, 11) is 4.58. The number of benzene rings is 2. The van der Waals surface area contributed by atoms with E-state index in [4.69, 9.17) is 23.7 Å². The van der Waals surface area contributed by atoms with E-state index < -0.39 is 6.10 Å². The summed E-state index contributed by atoms with van der Waals surface area (Å²) in [6.45, 7) is 4.05. The van der Waals surface area contributed by atoms with Gasteiger partial charge in [-0.1, -0.05) is 18.7 Å². The first-order valence-electron chi connectivity index (χ1n) is 8.51. The molecule has 0 saturated heterocycles. The van der Waals surface area contributed by atoms with Gasteiger partial charge in [0.2, 0.25) is 11.9 Å². The lowest BCUT2D eigenvalue weighted by Gasteiger charge is -2.26. The first kappa shape index (κ1) is 19.2. The van der Waals surface area contributed by atoms with Crippen LogP contribution in [0.1, 0.15) is 5.56 Å². The fourth-order valence-corrected chi connectivity index (χ4v) is 2.69. The molecule has 0 radical (unpaired) electrons. The van der Waals surface area contributed by atoms with E-state index in [1.54, 1.807) is 24.3 Å². The van der Waals surface area contributed by atoms with Gasteiger partial charge in [-0.3, -0.25) is 15.6 Å². The predicted molar refractivity (Wildman–Crippen MR) is 103 cm³/mol. The number of hydrazine groups is 1. The molecule has 8 heteroatoms. The predicted octanol–water partition coefficient (Wildman–Crippen LogP) is 2.14. The van der Waals surface area contributed by atoms with Crippen molar-refractivity contribution in [2.45, 2.75) is 6.10 Å². The van der Waals surface area contributed by atoms with Gasteiger partial charge in [-0.05, 0) is 24.3 Å². The molecule has 2 N–H and O–H groups in total. The van der Waals surface area contributed by atoms with Gasteiger partial charge in [0.25, 0.3) is 5.91 Å². The quantitative estimate of drug-likeness (QED) is 0.705. The first-order chi connectivity index (χ1) is 13.6. The maximum atomic E-state index is 12.4. The number of methoxy groups -OCH3 is 3. The zero-order chi connectivity index (χ0) is 20.1. The minimum Gasteiger partial charge on any atom is -0.493 e. The number of ether oxygens (including phenoxy) is 5. The molecule has 148 valence electrons. The Balaban J connectivity index is 1.65. The maximum Gasteiger partial charge on any atom is 0.282 e. The van der Waals surface area contributed by atoms with Gasteiger partial charge in [-0.2, -0.15) is 0 Å². The largest absolute Gasteiger partial charge is 0.493 e. The molecule has 2 aromatic carbocycles. The highest BCUT2D eigenvalue weighted by Crippen LogP contribution is 2.39. The molecule has 0 saturated carbocycles. The van der Waals surface area contributed by atoms with Crippen molar-refractivity contribution in [3.05, 3.63) is 48.5 Å². The summed E-state index contributed by atoms with van der Waals surface area (Å²) in [6, 6.07) is 10.6. The Bertz CT molecular complexity index is 858. The van der Waals surface area contributed by atoms with Crippen molar-refractivity contribution in [1.82, 2.24) is 10.9 Å². The van der Waals surface area contributed by atoms with Crippen molar-refractivity contribution in [1.29, 1.82) is 0 Å². The third-order valence-electron chi connectivity index (χ3n) is 4.15. The van der Waals surface area contributed by atoms with Crippen LogP contribution in [0.4, 0.5) is 0 Å². The van der Waals surface area contributed by atoms with Crippen molar-refractivity contribution < 1.29 is 28.5 Å². The van der Waals surface area contributed by atoms with Gasteiger partial charge in [0.15, 0.2) is 23.0 Å². The first-order valence-corrected chi connectivity index (χ1v) is 8.51. The van der Waals surface area contributed by atoms with Crippen molar-refractivity contribution in [3.63, 3.8) is 0 Å². The molecule has 0 bridgehead atoms. The second-order valence-electron chi connectivity index (χ2n) is 5.87. The summed E-state index contributed by atoms with van der Waals surface area (Å²) in [5.41, 5.74) is 6.45. The molecule has 3 rings (SSSR count). The lowest BCUT2D eigenvalue weighted by molar-refractivity contribution is -0.131. The van der Waals surface area contributed by atoms with Gasteiger partial charge >= 0.3 is 0 Å². The average molecular weight is 386 g/mol. The van der Waals surface area contributed by atoms with Crippen molar-refractivity contribution in [3.8, 4) is 28.7 Å². The SMILES string of the molecule is C=C(NNC(=O)[C@H]1COc2ccccc2O1)c1cc(OC)c(OC)c(OC)c1. The lowest BCUT2D eigenvalue weighted by atomic mass is 10.1. The van der Waals surface area contributed by atoms with E-state index in [0.29, 0.717) is 40.0 Å².